The Labute approximate surface area is 172 Å². The van der Waals surface area contributed by atoms with Gasteiger partial charge in [-0.15, -0.1) is 11.8 Å². The van der Waals surface area contributed by atoms with Crippen molar-refractivity contribution in [1.82, 2.24) is 10.2 Å². The van der Waals surface area contributed by atoms with Crippen LogP contribution in [0.1, 0.15) is 31.2 Å². The number of thioether (sulfide) groups is 1. The third-order valence-corrected chi connectivity index (χ3v) is 5.55. The molecule has 1 aliphatic rings. The van der Waals surface area contributed by atoms with Crippen LogP contribution in [0.15, 0.2) is 18.2 Å². The van der Waals surface area contributed by atoms with Crippen LogP contribution in [0.5, 0.6) is 0 Å². The highest BCUT2D eigenvalue weighted by molar-refractivity contribution is 7.99. The largest absolute Gasteiger partial charge is 0.481 e. The fourth-order valence-corrected chi connectivity index (χ4v) is 4.20. The molecule has 1 aromatic rings. The first-order chi connectivity index (χ1) is 13.8. The van der Waals surface area contributed by atoms with E-state index in [0.717, 1.165) is 12.1 Å². The highest BCUT2D eigenvalue weighted by atomic mass is 32.2. The Morgan fingerprint density at radius 2 is 2.03 bits per heavy atom. The molecule has 29 heavy (non-hydrogen) atoms. The molecule has 2 amide bonds. The normalized spacial score (nSPS) is 17.2. The first kappa shape index (κ1) is 23.1. The Hall–Kier alpha value is -2.20. The molecule has 4 N–H and O–H groups in total. The van der Waals surface area contributed by atoms with Crippen LogP contribution < -0.4 is 11.1 Å². The molecule has 0 spiro atoms. The van der Waals surface area contributed by atoms with Crippen LogP contribution in [0, 0.1) is 11.6 Å². The van der Waals surface area contributed by atoms with E-state index in [9.17, 15) is 23.2 Å². The van der Waals surface area contributed by atoms with Gasteiger partial charge in [0.2, 0.25) is 11.8 Å². The smallest absolute Gasteiger partial charge is 0.303 e. The number of benzene rings is 1. The Morgan fingerprint density at radius 1 is 1.28 bits per heavy atom. The highest BCUT2D eigenvalue weighted by Crippen LogP contribution is 2.22. The number of hydrogen-bond donors (Lipinski definition) is 3. The minimum absolute atomic E-state index is 0.0120. The number of carbonyl (C=O) groups excluding carboxylic acids is 2. The molecular formula is C19H25F2N3O4S. The second-order valence-electron chi connectivity index (χ2n) is 6.94. The van der Waals surface area contributed by atoms with E-state index >= 15 is 0 Å². The minimum atomic E-state index is -0.961. The van der Waals surface area contributed by atoms with Gasteiger partial charge in [0.15, 0.2) is 11.6 Å². The first-order valence-electron chi connectivity index (χ1n) is 9.34. The molecule has 0 radical (unpaired) electrons. The molecule has 0 aromatic heterocycles. The number of halogens is 2. The van der Waals surface area contributed by atoms with Gasteiger partial charge in [0.25, 0.3) is 0 Å². The summed E-state index contributed by atoms with van der Waals surface area (Å²) in [4.78, 5) is 36.9. The number of carboxylic acid groups (broad SMARTS) is 1. The fraction of sp³-hybridized carbons (Fsp3) is 0.526. The van der Waals surface area contributed by atoms with Gasteiger partial charge in [0, 0.05) is 31.2 Å². The third-order valence-electron chi connectivity index (χ3n) is 4.54. The van der Waals surface area contributed by atoms with E-state index in [1.807, 2.05) is 0 Å². The summed E-state index contributed by atoms with van der Waals surface area (Å²) in [6.45, 7) is 0.352. The minimum Gasteiger partial charge on any atom is -0.481 e. The Morgan fingerprint density at radius 3 is 2.72 bits per heavy atom. The molecule has 1 saturated heterocycles. The summed E-state index contributed by atoms with van der Waals surface area (Å²) in [6.07, 6.45) is 1.27. The molecule has 1 aromatic carbocycles. The number of amides is 2. The van der Waals surface area contributed by atoms with E-state index in [0.29, 0.717) is 36.6 Å². The van der Waals surface area contributed by atoms with Crippen LogP contribution in [0.3, 0.4) is 0 Å². The van der Waals surface area contributed by atoms with Crippen molar-refractivity contribution in [3.05, 3.63) is 35.4 Å². The number of unbranched alkanes of at least 4 members (excludes halogenated alkanes) is 1. The van der Waals surface area contributed by atoms with Crippen LogP contribution in [-0.4, -0.2) is 58.0 Å². The van der Waals surface area contributed by atoms with Gasteiger partial charge in [0.05, 0.1) is 5.88 Å². The zero-order valence-electron chi connectivity index (χ0n) is 15.9. The fourth-order valence-electron chi connectivity index (χ4n) is 3.02. The van der Waals surface area contributed by atoms with Crippen molar-refractivity contribution in [3.63, 3.8) is 0 Å². The molecule has 160 valence electrons. The number of nitrogens with one attached hydrogen (secondary N) is 1. The van der Waals surface area contributed by atoms with Crippen LogP contribution in [-0.2, 0) is 20.8 Å². The van der Waals surface area contributed by atoms with Crippen molar-refractivity contribution in [2.75, 3.05) is 18.2 Å². The van der Waals surface area contributed by atoms with Gasteiger partial charge in [-0.1, -0.05) is 6.07 Å². The molecule has 0 unspecified atom stereocenters. The molecule has 1 fully saturated rings. The van der Waals surface area contributed by atoms with Gasteiger partial charge in [-0.3, -0.25) is 14.4 Å². The van der Waals surface area contributed by atoms with Gasteiger partial charge >= 0.3 is 5.97 Å². The van der Waals surface area contributed by atoms with Gasteiger partial charge < -0.3 is 21.1 Å². The lowest BCUT2D eigenvalue weighted by Gasteiger charge is -2.24. The number of rotatable bonds is 10. The molecule has 2 atom stereocenters. The van der Waals surface area contributed by atoms with Gasteiger partial charge in [-0.2, -0.15) is 0 Å². The van der Waals surface area contributed by atoms with Crippen molar-refractivity contribution in [2.45, 2.75) is 44.2 Å². The third kappa shape index (κ3) is 7.28. The lowest BCUT2D eigenvalue weighted by molar-refractivity contribution is -0.138. The number of carboxylic acids is 1. The second-order valence-corrected chi connectivity index (χ2v) is 7.94. The molecule has 10 heteroatoms. The highest BCUT2D eigenvalue weighted by Gasteiger charge is 2.34. The molecule has 7 nitrogen and oxygen atoms in total. The van der Waals surface area contributed by atoms with E-state index in [4.69, 9.17) is 10.8 Å². The Kier molecular flexibility index (Phi) is 8.84. The number of nitrogens with two attached hydrogens (primary N) is 1. The van der Waals surface area contributed by atoms with Crippen LogP contribution in [0.4, 0.5) is 8.78 Å². The van der Waals surface area contributed by atoms with E-state index in [1.54, 1.807) is 0 Å². The Balaban J connectivity index is 1.81. The summed E-state index contributed by atoms with van der Waals surface area (Å²) in [7, 11) is 0. The van der Waals surface area contributed by atoms with Crippen molar-refractivity contribution in [3.8, 4) is 0 Å². The summed E-state index contributed by atoms with van der Waals surface area (Å²) in [5.74, 6) is -2.45. The standard InChI is InChI=1S/C19H25F2N3O4S/c20-14-5-4-12(8-15(14)21)7-13(22)9-17(25)24-11-29-10-16(24)19(28)23-6-2-1-3-18(26)27/h4-5,8,13,16H,1-3,6-7,9-11,22H2,(H,23,28)(H,26,27)/t13-,16+/m1/s1. The van der Waals surface area contributed by atoms with Gasteiger partial charge in [0.1, 0.15) is 6.04 Å². The lowest BCUT2D eigenvalue weighted by Crippen LogP contribution is -2.48. The van der Waals surface area contributed by atoms with Crippen molar-refractivity contribution >= 4 is 29.5 Å². The van der Waals surface area contributed by atoms with Gasteiger partial charge in [-0.25, -0.2) is 8.78 Å². The Bertz CT molecular complexity index is 750. The van der Waals surface area contributed by atoms with Crippen molar-refractivity contribution < 1.29 is 28.3 Å². The summed E-state index contributed by atoms with van der Waals surface area (Å²) in [5, 5.41) is 11.3. The summed E-state index contributed by atoms with van der Waals surface area (Å²) < 4.78 is 26.3. The first-order valence-corrected chi connectivity index (χ1v) is 10.5. The maximum atomic E-state index is 13.3. The molecule has 0 aliphatic carbocycles. The SMILES string of the molecule is N[C@@H](CC(=O)N1CSC[C@H]1C(=O)NCCCCC(=O)O)Cc1ccc(F)c(F)c1. The van der Waals surface area contributed by atoms with E-state index in [2.05, 4.69) is 5.32 Å². The summed E-state index contributed by atoms with van der Waals surface area (Å²) in [5.41, 5.74) is 6.50. The van der Waals surface area contributed by atoms with Crippen LogP contribution in [0.2, 0.25) is 0 Å². The second kappa shape index (κ2) is 11.1. The van der Waals surface area contributed by atoms with Crippen molar-refractivity contribution in [1.29, 1.82) is 0 Å². The van der Waals surface area contributed by atoms with Crippen molar-refractivity contribution in [2.24, 2.45) is 5.73 Å². The number of aliphatic carboxylic acids is 1. The average molecular weight is 429 g/mol. The molecule has 0 bridgehead atoms. The molecule has 2 rings (SSSR count). The van der Waals surface area contributed by atoms with Crippen LogP contribution in [0.25, 0.3) is 0 Å². The molecule has 1 aliphatic heterocycles. The zero-order valence-corrected chi connectivity index (χ0v) is 16.7. The number of hydrogen-bond acceptors (Lipinski definition) is 5. The molecule has 1 heterocycles. The van der Waals surface area contributed by atoms with Crippen LogP contribution >= 0.6 is 11.8 Å². The van der Waals surface area contributed by atoms with E-state index in [1.165, 1.54) is 22.7 Å². The number of carbonyl (C=O) groups is 3. The topological polar surface area (TPSA) is 113 Å². The lowest BCUT2D eigenvalue weighted by atomic mass is 10.0. The number of nitrogens with zero attached hydrogens (tertiary/aromatic N) is 1. The summed E-state index contributed by atoms with van der Waals surface area (Å²) >= 11 is 1.46. The predicted molar refractivity (Wildman–Crippen MR) is 105 cm³/mol. The zero-order chi connectivity index (χ0) is 21.4. The van der Waals surface area contributed by atoms with E-state index < -0.39 is 29.7 Å². The average Bonchev–Trinajstić information content (AvgIpc) is 3.14. The monoisotopic (exact) mass is 429 g/mol. The summed E-state index contributed by atoms with van der Waals surface area (Å²) in [6, 6.07) is 2.33. The van der Waals surface area contributed by atoms with Gasteiger partial charge in [-0.05, 0) is 37.0 Å². The molecular weight excluding hydrogens is 404 g/mol. The predicted octanol–water partition coefficient (Wildman–Crippen LogP) is 1.50. The quantitative estimate of drug-likeness (QED) is 0.486. The van der Waals surface area contributed by atoms with E-state index in [-0.39, 0.29) is 31.1 Å². The maximum absolute atomic E-state index is 13.3. The molecule has 0 saturated carbocycles. The maximum Gasteiger partial charge on any atom is 0.303 e.